The fourth-order valence-electron chi connectivity index (χ4n) is 1.66. The normalized spacial score (nSPS) is 14.6. The first-order valence-corrected chi connectivity index (χ1v) is 5.64. The Labute approximate surface area is 87.6 Å². The van der Waals surface area contributed by atoms with Crippen molar-refractivity contribution in [1.82, 2.24) is 0 Å². The van der Waals surface area contributed by atoms with Crippen molar-refractivity contribution in [2.24, 2.45) is 0 Å². The van der Waals surface area contributed by atoms with E-state index < -0.39 is 0 Å². The maximum atomic E-state index is 11.4. The number of carbonyl (C=O) groups excluding carboxylic acids is 1. The van der Waals surface area contributed by atoms with Crippen molar-refractivity contribution in [2.75, 3.05) is 12.9 Å². The molecule has 0 spiro atoms. The molecule has 1 heterocycles. The first kappa shape index (κ1) is 9.59. The number of carbonyl (C=O) groups is 1. The van der Waals surface area contributed by atoms with Crippen molar-refractivity contribution in [3.8, 4) is 0 Å². The largest absolute Gasteiger partial charge is 0.465 e. The van der Waals surface area contributed by atoms with Crippen molar-refractivity contribution in [1.29, 1.82) is 0 Å². The lowest BCUT2D eigenvalue weighted by atomic mass is 10.1. The van der Waals surface area contributed by atoms with Crippen LogP contribution in [0.15, 0.2) is 23.1 Å². The second-order valence-electron chi connectivity index (χ2n) is 3.24. The van der Waals surface area contributed by atoms with Gasteiger partial charge < -0.3 is 4.74 Å². The molecule has 1 aliphatic rings. The molecule has 0 aliphatic carbocycles. The fourth-order valence-corrected chi connectivity index (χ4v) is 2.81. The van der Waals surface area contributed by atoms with Crippen molar-refractivity contribution >= 4 is 17.7 Å². The Kier molecular flexibility index (Phi) is 2.77. The summed E-state index contributed by atoms with van der Waals surface area (Å²) in [6, 6.07) is 5.86. The summed E-state index contributed by atoms with van der Waals surface area (Å²) in [6.45, 7) is 0. The number of ether oxygens (including phenoxy) is 1. The van der Waals surface area contributed by atoms with Crippen LogP contribution < -0.4 is 0 Å². The molecule has 2 rings (SSSR count). The van der Waals surface area contributed by atoms with Crippen molar-refractivity contribution < 1.29 is 9.53 Å². The third kappa shape index (κ3) is 1.64. The molecule has 0 fully saturated rings. The van der Waals surface area contributed by atoms with Crippen molar-refractivity contribution in [2.45, 2.75) is 17.7 Å². The Hall–Kier alpha value is -0.960. The summed E-state index contributed by atoms with van der Waals surface area (Å²) in [6.07, 6.45) is 2.27. The SMILES string of the molecule is COC(=O)c1cccc2c1SCCC2. The quantitative estimate of drug-likeness (QED) is 0.663. The van der Waals surface area contributed by atoms with Crippen LogP contribution in [-0.4, -0.2) is 18.8 Å². The van der Waals surface area contributed by atoms with Crippen LogP contribution in [0.3, 0.4) is 0 Å². The van der Waals surface area contributed by atoms with Gasteiger partial charge in [-0.15, -0.1) is 11.8 Å². The molecule has 1 aliphatic heterocycles. The lowest BCUT2D eigenvalue weighted by molar-refractivity contribution is 0.0596. The number of benzene rings is 1. The zero-order valence-electron chi connectivity index (χ0n) is 8.08. The van der Waals surface area contributed by atoms with E-state index in [-0.39, 0.29) is 5.97 Å². The number of methoxy groups -OCH3 is 1. The Morgan fingerprint density at radius 3 is 3.14 bits per heavy atom. The highest BCUT2D eigenvalue weighted by molar-refractivity contribution is 7.99. The molecule has 0 unspecified atom stereocenters. The molecule has 0 N–H and O–H groups in total. The highest BCUT2D eigenvalue weighted by Gasteiger charge is 2.17. The third-order valence-electron chi connectivity index (χ3n) is 2.34. The number of hydrogen-bond donors (Lipinski definition) is 0. The van der Waals surface area contributed by atoms with Crippen LogP contribution in [0.1, 0.15) is 22.3 Å². The van der Waals surface area contributed by atoms with Gasteiger partial charge in [-0.1, -0.05) is 12.1 Å². The number of hydrogen-bond acceptors (Lipinski definition) is 3. The minimum atomic E-state index is -0.226. The lowest BCUT2D eigenvalue weighted by Crippen LogP contribution is -2.08. The smallest absolute Gasteiger partial charge is 0.339 e. The Morgan fingerprint density at radius 1 is 1.50 bits per heavy atom. The van der Waals surface area contributed by atoms with Crippen LogP contribution in [0.2, 0.25) is 0 Å². The average molecular weight is 208 g/mol. The highest BCUT2D eigenvalue weighted by atomic mass is 32.2. The second-order valence-corrected chi connectivity index (χ2v) is 4.34. The maximum Gasteiger partial charge on any atom is 0.339 e. The van der Waals surface area contributed by atoms with E-state index in [9.17, 15) is 4.79 Å². The summed E-state index contributed by atoms with van der Waals surface area (Å²) >= 11 is 1.76. The van der Waals surface area contributed by atoms with Gasteiger partial charge in [0.2, 0.25) is 0 Å². The molecule has 1 aromatic rings. The molecule has 0 bridgehead atoms. The highest BCUT2D eigenvalue weighted by Crippen LogP contribution is 2.33. The first-order valence-electron chi connectivity index (χ1n) is 4.66. The van der Waals surface area contributed by atoms with E-state index in [1.165, 1.54) is 19.1 Å². The number of rotatable bonds is 1. The molecule has 0 saturated carbocycles. The van der Waals surface area contributed by atoms with Crippen LogP contribution in [0.5, 0.6) is 0 Å². The maximum absolute atomic E-state index is 11.4. The molecule has 0 atom stereocenters. The van der Waals surface area contributed by atoms with Crippen LogP contribution >= 0.6 is 11.8 Å². The molecular formula is C11H12O2S. The van der Waals surface area contributed by atoms with Gasteiger partial charge in [0.25, 0.3) is 0 Å². The van der Waals surface area contributed by atoms with E-state index in [4.69, 9.17) is 4.74 Å². The second kappa shape index (κ2) is 4.05. The predicted molar refractivity (Wildman–Crippen MR) is 56.8 cm³/mol. The minimum Gasteiger partial charge on any atom is -0.465 e. The number of aryl methyl sites for hydroxylation is 1. The Morgan fingerprint density at radius 2 is 2.36 bits per heavy atom. The van der Waals surface area contributed by atoms with E-state index in [0.29, 0.717) is 0 Å². The van der Waals surface area contributed by atoms with Gasteiger partial charge in [0.05, 0.1) is 12.7 Å². The van der Waals surface area contributed by atoms with Crippen LogP contribution in [0.4, 0.5) is 0 Å². The van der Waals surface area contributed by atoms with Crippen molar-refractivity contribution in [3.63, 3.8) is 0 Å². The number of fused-ring (bicyclic) bond motifs is 1. The molecule has 74 valence electrons. The van der Waals surface area contributed by atoms with Gasteiger partial charge in [-0.3, -0.25) is 0 Å². The van der Waals surface area contributed by atoms with E-state index in [1.54, 1.807) is 11.8 Å². The van der Waals surface area contributed by atoms with E-state index in [0.717, 1.165) is 22.6 Å². The third-order valence-corrected chi connectivity index (χ3v) is 3.60. The molecule has 3 heteroatoms. The molecular weight excluding hydrogens is 196 g/mol. The minimum absolute atomic E-state index is 0.226. The first-order chi connectivity index (χ1) is 6.83. The van der Waals surface area contributed by atoms with Gasteiger partial charge in [0.15, 0.2) is 0 Å². The van der Waals surface area contributed by atoms with E-state index in [2.05, 4.69) is 6.07 Å². The summed E-state index contributed by atoms with van der Waals surface area (Å²) in [4.78, 5) is 12.6. The molecule has 0 saturated heterocycles. The van der Waals surface area contributed by atoms with Gasteiger partial charge in [-0.05, 0) is 30.2 Å². The molecule has 14 heavy (non-hydrogen) atoms. The van der Waals surface area contributed by atoms with Crippen LogP contribution in [-0.2, 0) is 11.2 Å². The van der Waals surface area contributed by atoms with Gasteiger partial charge in [0, 0.05) is 4.90 Å². The molecule has 1 aromatic carbocycles. The summed E-state index contributed by atoms with van der Waals surface area (Å²) < 4.78 is 4.75. The Balaban J connectivity index is 2.45. The summed E-state index contributed by atoms with van der Waals surface area (Å²) in [5, 5.41) is 0. The monoisotopic (exact) mass is 208 g/mol. The molecule has 2 nitrogen and oxygen atoms in total. The summed E-state index contributed by atoms with van der Waals surface area (Å²) in [7, 11) is 1.43. The van der Waals surface area contributed by atoms with Gasteiger partial charge >= 0.3 is 5.97 Å². The summed E-state index contributed by atoms with van der Waals surface area (Å²) in [5.74, 6) is 0.873. The molecule has 0 amide bonds. The lowest BCUT2D eigenvalue weighted by Gasteiger charge is -2.17. The topological polar surface area (TPSA) is 26.3 Å². The average Bonchev–Trinajstić information content (AvgIpc) is 2.27. The summed E-state index contributed by atoms with van der Waals surface area (Å²) in [5.41, 5.74) is 2.00. The number of thioether (sulfide) groups is 1. The van der Waals surface area contributed by atoms with E-state index in [1.807, 2.05) is 12.1 Å². The zero-order chi connectivity index (χ0) is 9.97. The predicted octanol–water partition coefficient (Wildman–Crippen LogP) is 2.51. The standard InChI is InChI=1S/C11H12O2S/c1-13-11(12)9-6-2-4-8-5-3-7-14-10(8)9/h2,4,6H,3,5,7H2,1H3. The van der Waals surface area contributed by atoms with Gasteiger partial charge in [-0.2, -0.15) is 0 Å². The fraction of sp³-hybridized carbons (Fsp3) is 0.364. The number of esters is 1. The zero-order valence-corrected chi connectivity index (χ0v) is 8.89. The van der Waals surface area contributed by atoms with Gasteiger partial charge in [-0.25, -0.2) is 4.79 Å². The molecule has 0 radical (unpaired) electrons. The van der Waals surface area contributed by atoms with Crippen LogP contribution in [0, 0.1) is 0 Å². The van der Waals surface area contributed by atoms with Crippen molar-refractivity contribution in [3.05, 3.63) is 29.3 Å². The molecule has 0 aromatic heterocycles. The Bertz CT molecular complexity index is 360. The van der Waals surface area contributed by atoms with Gasteiger partial charge in [0.1, 0.15) is 0 Å². The van der Waals surface area contributed by atoms with Crippen LogP contribution in [0.25, 0.3) is 0 Å². The van der Waals surface area contributed by atoms with E-state index >= 15 is 0 Å².